The van der Waals surface area contributed by atoms with Crippen LogP contribution in [0.2, 0.25) is 0 Å². The number of aliphatic hydroxyl groups is 1. The fourth-order valence-electron chi connectivity index (χ4n) is 3.10. The molecule has 1 aliphatic heterocycles. The van der Waals surface area contributed by atoms with Gasteiger partial charge in [0.05, 0.1) is 12.1 Å². The Kier molecular flexibility index (Phi) is 3.88. The molecule has 16 heavy (non-hydrogen) atoms. The Bertz CT molecular complexity index is 224. The van der Waals surface area contributed by atoms with Gasteiger partial charge in [-0.15, -0.1) is 0 Å². The number of hydrogen-bond acceptors (Lipinski definition) is 3. The Morgan fingerprint density at radius 3 is 2.56 bits per heavy atom. The van der Waals surface area contributed by atoms with E-state index in [1.165, 1.54) is 38.8 Å². The fourth-order valence-corrected chi connectivity index (χ4v) is 3.10. The van der Waals surface area contributed by atoms with Gasteiger partial charge >= 0.3 is 0 Å². The Hall–Kier alpha value is -0.120. The number of rotatable bonds is 6. The van der Waals surface area contributed by atoms with Gasteiger partial charge < -0.3 is 15.3 Å². The van der Waals surface area contributed by atoms with Gasteiger partial charge in [-0.3, -0.25) is 0 Å². The molecule has 0 aromatic carbocycles. The van der Waals surface area contributed by atoms with Crippen molar-refractivity contribution in [3.63, 3.8) is 0 Å². The Morgan fingerprint density at radius 2 is 2.12 bits per heavy atom. The summed E-state index contributed by atoms with van der Waals surface area (Å²) < 4.78 is 0. The number of nitrogens with zero attached hydrogens (tertiary/aromatic N) is 1. The van der Waals surface area contributed by atoms with Crippen LogP contribution >= 0.6 is 0 Å². The van der Waals surface area contributed by atoms with Crippen LogP contribution in [0.1, 0.15) is 32.6 Å². The third-order valence-electron chi connectivity index (χ3n) is 4.59. The lowest BCUT2D eigenvalue weighted by Gasteiger charge is -2.36. The molecule has 94 valence electrons. The maximum atomic E-state index is 9.68. The molecule has 0 aromatic rings. The molecule has 0 radical (unpaired) electrons. The highest BCUT2D eigenvalue weighted by atomic mass is 16.3. The van der Waals surface area contributed by atoms with Gasteiger partial charge in [0, 0.05) is 13.1 Å². The normalized spacial score (nSPS) is 30.6. The van der Waals surface area contributed by atoms with Gasteiger partial charge in [-0.05, 0) is 44.7 Å². The van der Waals surface area contributed by atoms with E-state index in [1.54, 1.807) is 0 Å². The molecular formula is C13H26N2O. The number of likely N-dealkylation sites (N-methyl/N-ethyl adjacent to an activating group) is 1. The van der Waals surface area contributed by atoms with Gasteiger partial charge in [-0.25, -0.2) is 0 Å². The summed E-state index contributed by atoms with van der Waals surface area (Å²) in [7, 11) is 2.00. The maximum absolute atomic E-state index is 9.68. The van der Waals surface area contributed by atoms with Crippen LogP contribution in [0.4, 0.5) is 0 Å². The zero-order valence-electron chi connectivity index (χ0n) is 10.7. The van der Waals surface area contributed by atoms with Crippen molar-refractivity contribution in [1.82, 2.24) is 10.2 Å². The molecule has 0 spiro atoms. The summed E-state index contributed by atoms with van der Waals surface area (Å²) in [6.45, 7) is 6.04. The number of likely N-dealkylation sites (tertiary alicyclic amines) is 1. The van der Waals surface area contributed by atoms with Crippen molar-refractivity contribution in [2.24, 2.45) is 11.8 Å². The molecule has 2 atom stereocenters. The minimum Gasteiger partial charge on any atom is -0.394 e. The predicted octanol–water partition coefficient (Wildman–Crippen LogP) is 1.08. The van der Waals surface area contributed by atoms with Crippen LogP contribution in [0.15, 0.2) is 0 Å². The summed E-state index contributed by atoms with van der Waals surface area (Å²) in [5, 5.41) is 13.1. The summed E-state index contributed by atoms with van der Waals surface area (Å²) in [4.78, 5) is 2.54. The van der Waals surface area contributed by atoms with Gasteiger partial charge in [0.2, 0.25) is 0 Å². The van der Waals surface area contributed by atoms with E-state index in [9.17, 15) is 5.11 Å². The van der Waals surface area contributed by atoms with Gasteiger partial charge in [0.1, 0.15) is 0 Å². The van der Waals surface area contributed by atoms with Crippen LogP contribution in [0.5, 0.6) is 0 Å². The van der Waals surface area contributed by atoms with Crippen molar-refractivity contribution in [3.05, 3.63) is 0 Å². The van der Waals surface area contributed by atoms with Crippen molar-refractivity contribution in [1.29, 1.82) is 0 Å². The smallest absolute Gasteiger partial charge is 0.0628 e. The first-order valence-electron chi connectivity index (χ1n) is 6.76. The highest BCUT2D eigenvalue weighted by molar-refractivity contribution is 5.02. The molecule has 0 amide bonds. The van der Waals surface area contributed by atoms with Crippen molar-refractivity contribution in [2.45, 2.75) is 38.1 Å². The first kappa shape index (κ1) is 12.3. The van der Waals surface area contributed by atoms with Gasteiger partial charge in [0.15, 0.2) is 0 Å². The van der Waals surface area contributed by atoms with Crippen LogP contribution in [-0.2, 0) is 0 Å². The second-order valence-corrected chi connectivity index (χ2v) is 5.64. The van der Waals surface area contributed by atoms with E-state index >= 15 is 0 Å². The second kappa shape index (κ2) is 5.03. The quantitative estimate of drug-likeness (QED) is 0.711. The molecule has 3 heteroatoms. The van der Waals surface area contributed by atoms with Crippen LogP contribution in [-0.4, -0.2) is 48.8 Å². The summed E-state index contributed by atoms with van der Waals surface area (Å²) >= 11 is 0. The topological polar surface area (TPSA) is 35.5 Å². The minimum atomic E-state index is -0.0252. The lowest BCUT2D eigenvalue weighted by atomic mass is 9.93. The van der Waals surface area contributed by atoms with E-state index in [2.05, 4.69) is 17.1 Å². The number of nitrogens with one attached hydrogen (secondary N) is 1. The molecule has 0 bridgehead atoms. The summed E-state index contributed by atoms with van der Waals surface area (Å²) in [5.41, 5.74) is -0.0252. The second-order valence-electron chi connectivity index (χ2n) is 5.64. The van der Waals surface area contributed by atoms with E-state index in [-0.39, 0.29) is 12.1 Å². The largest absolute Gasteiger partial charge is 0.394 e. The molecule has 2 N–H and O–H groups in total. The van der Waals surface area contributed by atoms with Crippen LogP contribution in [0.25, 0.3) is 0 Å². The lowest BCUT2D eigenvalue weighted by molar-refractivity contribution is 0.105. The third kappa shape index (κ3) is 2.41. The first-order valence-corrected chi connectivity index (χ1v) is 6.76. The predicted molar refractivity (Wildman–Crippen MR) is 66.4 cm³/mol. The molecule has 1 saturated carbocycles. The van der Waals surface area contributed by atoms with E-state index in [0.29, 0.717) is 5.92 Å². The average Bonchev–Trinajstić information content (AvgIpc) is 3.07. The van der Waals surface area contributed by atoms with Crippen molar-refractivity contribution < 1.29 is 5.11 Å². The molecular weight excluding hydrogens is 200 g/mol. The van der Waals surface area contributed by atoms with Crippen molar-refractivity contribution in [3.8, 4) is 0 Å². The molecule has 3 nitrogen and oxygen atoms in total. The lowest BCUT2D eigenvalue weighted by Crippen LogP contribution is -2.56. The Labute approximate surface area is 99.2 Å². The molecule has 1 aliphatic carbocycles. The standard InChI is InChI=1S/C13H26N2O/c1-3-11-6-7-15(8-11)9-13(10-16,14-2)12-4-5-12/h11-12,14,16H,3-10H2,1-2H3. The highest BCUT2D eigenvalue weighted by Crippen LogP contribution is 2.40. The summed E-state index contributed by atoms with van der Waals surface area (Å²) in [6, 6.07) is 0. The van der Waals surface area contributed by atoms with E-state index in [0.717, 1.165) is 12.5 Å². The van der Waals surface area contributed by atoms with E-state index in [1.807, 2.05) is 7.05 Å². The van der Waals surface area contributed by atoms with Gasteiger partial charge in [-0.1, -0.05) is 13.3 Å². The van der Waals surface area contributed by atoms with Crippen molar-refractivity contribution >= 4 is 0 Å². The first-order chi connectivity index (χ1) is 7.74. The zero-order chi connectivity index (χ0) is 11.6. The Morgan fingerprint density at radius 1 is 1.38 bits per heavy atom. The molecule has 0 aromatic heterocycles. The summed E-state index contributed by atoms with van der Waals surface area (Å²) in [6.07, 6.45) is 5.21. The zero-order valence-corrected chi connectivity index (χ0v) is 10.7. The van der Waals surface area contributed by atoms with E-state index in [4.69, 9.17) is 0 Å². The third-order valence-corrected chi connectivity index (χ3v) is 4.59. The molecule has 2 unspecified atom stereocenters. The monoisotopic (exact) mass is 226 g/mol. The van der Waals surface area contributed by atoms with E-state index < -0.39 is 0 Å². The number of hydrogen-bond donors (Lipinski definition) is 2. The highest BCUT2D eigenvalue weighted by Gasteiger charge is 2.45. The molecule has 1 heterocycles. The van der Waals surface area contributed by atoms with Gasteiger partial charge in [0.25, 0.3) is 0 Å². The number of aliphatic hydroxyl groups excluding tert-OH is 1. The van der Waals surface area contributed by atoms with Crippen LogP contribution < -0.4 is 5.32 Å². The van der Waals surface area contributed by atoms with Crippen LogP contribution in [0.3, 0.4) is 0 Å². The minimum absolute atomic E-state index is 0.0252. The van der Waals surface area contributed by atoms with Crippen LogP contribution in [0, 0.1) is 11.8 Å². The molecule has 2 aliphatic rings. The Balaban J connectivity index is 1.91. The maximum Gasteiger partial charge on any atom is 0.0628 e. The average molecular weight is 226 g/mol. The molecule has 1 saturated heterocycles. The summed E-state index contributed by atoms with van der Waals surface area (Å²) in [5.74, 6) is 1.58. The molecule has 2 rings (SSSR count). The van der Waals surface area contributed by atoms with Crippen molar-refractivity contribution in [2.75, 3.05) is 33.3 Å². The SMILES string of the molecule is CCC1CCN(CC(CO)(NC)C2CC2)C1. The fraction of sp³-hybridized carbons (Fsp3) is 1.00. The molecule has 2 fully saturated rings. The van der Waals surface area contributed by atoms with Gasteiger partial charge in [-0.2, -0.15) is 0 Å².